The molecule has 0 radical (unpaired) electrons. The highest BCUT2D eigenvalue weighted by Gasteiger charge is 2.19. The summed E-state index contributed by atoms with van der Waals surface area (Å²) in [4.78, 5) is 23.0. The van der Waals surface area contributed by atoms with E-state index in [1.54, 1.807) is 0 Å². The lowest BCUT2D eigenvalue weighted by Gasteiger charge is -2.15. The van der Waals surface area contributed by atoms with Gasteiger partial charge in [-0.05, 0) is 37.5 Å². The van der Waals surface area contributed by atoms with Crippen LogP contribution in [0.2, 0.25) is 0 Å². The molecule has 0 saturated carbocycles. The Balaban J connectivity index is 3.52. The van der Waals surface area contributed by atoms with Gasteiger partial charge in [-0.3, -0.25) is 9.59 Å². The summed E-state index contributed by atoms with van der Waals surface area (Å²) in [6.45, 7) is 8.32. The summed E-state index contributed by atoms with van der Waals surface area (Å²) in [5, 5.41) is 0. The molecule has 0 amide bonds. The summed E-state index contributed by atoms with van der Waals surface area (Å²) in [5.74, 6) is -0.517. The molecule has 0 rings (SSSR count). The van der Waals surface area contributed by atoms with Crippen LogP contribution in [0.4, 0.5) is 0 Å². The molecule has 0 spiro atoms. The second-order valence-electron chi connectivity index (χ2n) is 6.29. The first-order chi connectivity index (χ1) is 10.3. The maximum absolute atomic E-state index is 11.5. The Hall–Kier alpha value is -1.14. The maximum atomic E-state index is 11.5. The first-order valence-corrected chi connectivity index (χ1v) is 8.11. The number of hydrogen-bond acceptors (Lipinski definition) is 6. The van der Waals surface area contributed by atoms with Crippen LogP contribution in [0.25, 0.3) is 0 Å². The van der Waals surface area contributed by atoms with Gasteiger partial charge in [0.25, 0.3) is 0 Å². The van der Waals surface area contributed by atoms with Crippen molar-refractivity contribution in [3.05, 3.63) is 0 Å². The Kier molecular flexibility index (Phi) is 10.8. The van der Waals surface area contributed by atoms with E-state index in [0.717, 1.165) is 25.7 Å². The molecule has 4 N–H and O–H groups in total. The molecule has 2 unspecified atom stereocenters. The van der Waals surface area contributed by atoms with Crippen molar-refractivity contribution >= 4 is 11.9 Å². The third-order valence-electron chi connectivity index (χ3n) is 3.51. The van der Waals surface area contributed by atoms with E-state index >= 15 is 0 Å². The number of esters is 2. The van der Waals surface area contributed by atoms with Crippen LogP contribution in [0.3, 0.4) is 0 Å². The van der Waals surface area contributed by atoms with Gasteiger partial charge in [-0.25, -0.2) is 0 Å². The average molecular weight is 316 g/mol. The van der Waals surface area contributed by atoms with Crippen LogP contribution in [0, 0.1) is 11.8 Å². The zero-order valence-corrected chi connectivity index (χ0v) is 14.3. The van der Waals surface area contributed by atoms with E-state index in [0.29, 0.717) is 13.2 Å². The lowest BCUT2D eigenvalue weighted by Crippen LogP contribution is -2.37. The Morgan fingerprint density at radius 1 is 0.727 bits per heavy atom. The van der Waals surface area contributed by atoms with Crippen molar-refractivity contribution in [3.63, 3.8) is 0 Å². The lowest BCUT2D eigenvalue weighted by atomic mass is 10.1. The quantitative estimate of drug-likeness (QED) is 0.443. The van der Waals surface area contributed by atoms with E-state index in [9.17, 15) is 9.59 Å². The third-order valence-corrected chi connectivity index (χ3v) is 3.51. The van der Waals surface area contributed by atoms with E-state index in [4.69, 9.17) is 20.9 Å². The summed E-state index contributed by atoms with van der Waals surface area (Å²) >= 11 is 0. The van der Waals surface area contributed by atoms with E-state index in [1.807, 2.05) is 27.7 Å². The SMILES string of the molecule is CC(C)C(N)C(=O)OCCCCCCOC(=O)C(N)C(C)C. The fourth-order valence-corrected chi connectivity index (χ4v) is 1.64. The van der Waals surface area contributed by atoms with Gasteiger partial charge in [-0.2, -0.15) is 0 Å². The molecule has 22 heavy (non-hydrogen) atoms. The number of rotatable bonds is 11. The maximum Gasteiger partial charge on any atom is 0.323 e. The van der Waals surface area contributed by atoms with Gasteiger partial charge < -0.3 is 20.9 Å². The van der Waals surface area contributed by atoms with Gasteiger partial charge >= 0.3 is 11.9 Å². The number of carbonyl (C=O) groups is 2. The van der Waals surface area contributed by atoms with E-state index < -0.39 is 12.1 Å². The van der Waals surface area contributed by atoms with Crippen LogP contribution in [0.5, 0.6) is 0 Å². The molecule has 0 aliphatic rings. The minimum absolute atomic E-state index is 0.0828. The molecule has 0 aromatic carbocycles. The fourth-order valence-electron chi connectivity index (χ4n) is 1.64. The standard InChI is InChI=1S/C16H32N2O4/c1-11(2)13(17)15(19)21-9-7-5-6-8-10-22-16(20)14(18)12(3)4/h11-14H,5-10,17-18H2,1-4H3. The van der Waals surface area contributed by atoms with Gasteiger partial charge in [0.05, 0.1) is 13.2 Å². The molecular weight excluding hydrogens is 284 g/mol. The van der Waals surface area contributed by atoms with Crippen molar-refractivity contribution in [2.45, 2.75) is 65.5 Å². The molecule has 0 bridgehead atoms. The number of unbranched alkanes of at least 4 members (excludes halogenated alkanes) is 3. The first-order valence-electron chi connectivity index (χ1n) is 8.11. The van der Waals surface area contributed by atoms with Crippen molar-refractivity contribution in [2.24, 2.45) is 23.3 Å². The average Bonchev–Trinajstić information content (AvgIpc) is 2.47. The molecule has 2 atom stereocenters. The van der Waals surface area contributed by atoms with Gasteiger partial charge in [0, 0.05) is 0 Å². The highest BCUT2D eigenvalue weighted by Crippen LogP contribution is 2.05. The Morgan fingerprint density at radius 2 is 1.05 bits per heavy atom. The highest BCUT2D eigenvalue weighted by molar-refractivity contribution is 5.76. The normalized spacial score (nSPS) is 14.0. The molecule has 0 aliphatic carbocycles. The van der Waals surface area contributed by atoms with Crippen molar-refractivity contribution in [3.8, 4) is 0 Å². The molecule has 0 fully saturated rings. The number of hydrogen-bond donors (Lipinski definition) is 2. The second-order valence-corrected chi connectivity index (χ2v) is 6.29. The Labute approximate surface area is 133 Å². The molecule has 0 aromatic heterocycles. The van der Waals surface area contributed by atoms with E-state index in [2.05, 4.69) is 0 Å². The van der Waals surface area contributed by atoms with E-state index in [1.165, 1.54) is 0 Å². The molecule has 0 aromatic rings. The smallest absolute Gasteiger partial charge is 0.323 e. The van der Waals surface area contributed by atoms with Crippen LogP contribution >= 0.6 is 0 Å². The van der Waals surface area contributed by atoms with Gasteiger partial charge in [0.1, 0.15) is 12.1 Å². The van der Waals surface area contributed by atoms with Crippen LogP contribution in [0.1, 0.15) is 53.4 Å². The summed E-state index contributed by atoms with van der Waals surface area (Å²) in [6.07, 6.45) is 3.40. The largest absolute Gasteiger partial charge is 0.465 e. The fraction of sp³-hybridized carbons (Fsp3) is 0.875. The molecule has 6 nitrogen and oxygen atoms in total. The van der Waals surface area contributed by atoms with Crippen LogP contribution in [-0.2, 0) is 19.1 Å². The zero-order valence-electron chi connectivity index (χ0n) is 14.3. The number of ether oxygens (including phenoxy) is 2. The minimum atomic E-state index is -0.551. The monoisotopic (exact) mass is 316 g/mol. The van der Waals surface area contributed by atoms with Crippen LogP contribution in [-0.4, -0.2) is 37.2 Å². The third kappa shape index (κ3) is 9.00. The molecular formula is C16H32N2O4. The summed E-state index contributed by atoms with van der Waals surface area (Å²) < 4.78 is 10.2. The predicted octanol–water partition coefficient (Wildman–Crippen LogP) is 1.60. The van der Waals surface area contributed by atoms with Crippen molar-refractivity contribution in [1.82, 2.24) is 0 Å². The van der Waals surface area contributed by atoms with Crippen LogP contribution < -0.4 is 11.5 Å². The zero-order chi connectivity index (χ0) is 17.1. The first kappa shape index (κ1) is 20.9. The molecule has 0 saturated heterocycles. The highest BCUT2D eigenvalue weighted by atomic mass is 16.5. The number of nitrogens with two attached hydrogens (primary N) is 2. The predicted molar refractivity (Wildman–Crippen MR) is 86.0 cm³/mol. The Bertz CT molecular complexity index is 300. The molecule has 0 heterocycles. The van der Waals surface area contributed by atoms with Gasteiger partial charge in [-0.1, -0.05) is 27.7 Å². The van der Waals surface area contributed by atoms with Gasteiger partial charge in [-0.15, -0.1) is 0 Å². The summed E-state index contributed by atoms with van der Waals surface area (Å²) in [5.41, 5.74) is 11.4. The topological polar surface area (TPSA) is 105 Å². The molecule has 130 valence electrons. The van der Waals surface area contributed by atoms with Crippen LogP contribution in [0.15, 0.2) is 0 Å². The summed E-state index contributed by atoms with van der Waals surface area (Å²) in [7, 11) is 0. The van der Waals surface area contributed by atoms with Gasteiger partial charge in [0.15, 0.2) is 0 Å². The molecule has 0 aliphatic heterocycles. The minimum Gasteiger partial charge on any atom is -0.465 e. The second kappa shape index (κ2) is 11.4. The molecule has 6 heteroatoms. The summed E-state index contributed by atoms with van der Waals surface area (Å²) in [6, 6.07) is -1.10. The lowest BCUT2D eigenvalue weighted by molar-refractivity contribution is -0.147. The van der Waals surface area contributed by atoms with E-state index in [-0.39, 0.29) is 23.8 Å². The number of carbonyl (C=O) groups excluding carboxylic acids is 2. The van der Waals surface area contributed by atoms with Crippen molar-refractivity contribution in [2.75, 3.05) is 13.2 Å². The Morgan fingerprint density at radius 3 is 1.32 bits per heavy atom. The van der Waals surface area contributed by atoms with Crippen molar-refractivity contribution in [1.29, 1.82) is 0 Å². The van der Waals surface area contributed by atoms with Gasteiger partial charge in [0.2, 0.25) is 0 Å². The van der Waals surface area contributed by atoms with Crippen molar-refractivity contribution < 1.29 is 19.1 Å².